The van der Waals surface area contributed by atoms with Crippen molar-refractivity contribution < 1.29 is 14.3 Å². The van der Waals surface area contributed by atoms with E-state index in [2.05, 4.69) is 15.7 Å². The van der Waals surface area contributed by atoms with Crippen LogP contribution in [0.5, 0.6) is 5.75 Å². The van der Waals surface area contributed by atoms with Gasteiger partial charge in [-0.3, -0.25) is 14.3 Å². The topological polar surface area (TPSA) is 85.2 Å². The fourth-order valence-corrected chi connectivity index (χ4v) is 2.52. The van der Waals surface area contributed by atoms with Crippen molar-refractivity contribution in [3.05, 3.63) is 78.1 Å². The largest absolute Gasteiger partial charge is 0.497 e. The second kappa shape index (κ2) is 8.66. The van der Waals surface area contributed by atoms with Gasteiger partial charge in [0.1, 0.15) is 5.75 Å². The lowest BCUT2D eigenvalue weighted by Gasteiger charge is -2.09. The Morgan fingerprint density at radius 2 is 1.85 bits per heavy atom. The number of carbonyl (C=O) groups excluding carboxylic acids is 2. The average Bonchev–Trinajstić information content (AvgIpc) is 3.19. The first-order valence-corrected chi connectivity index (χ1v) is 8.42. The maximum atomic E-state index is 12.1. The zero-order valence-electron chi connectivity index (χ0n) is 14.9. The van der Waals surface area contributed by atoms with Gasteiger partial charge in [0.05, 0.1) is 13.7 Å². The van der Waals surface area contributed by atoms with Crippen molar-refractivity contribution in [2.75, 3.05) is 12.4 Å². The predicted octanol–water partition coefficient (Wildman–Crippen LogP) is 2.19. The smallest absolute Gasteiger partial charge is 0.313 e. The number of carbonyl (C=O) groups is 2. The zero-order chi connectivity index (χ0) is 19.1. The van der Waals surface area contributed by atoms with Gasteiger partial charge in [-0.25, -0.2) is 0 Å². The first kappa shape index (κ1) is 18.2. The number of anilines is 1. The normalized spacial score (nSPS) is 10.3. The van der Waals surface area contributed by atoms with Crippen LogP contribution in [0.3, 0.4) is 0 Å². The van der Waals surface area contributed by atoms with Gasteiger partial charge >= 0.3 is 11.8 Å². The van der Waals surface area contributed by atoms with E-state index in [0.29, 0.717) is 12.2 Å². The summed E-state index contributed by atoms with van der Waals surface area (Å²) >= 11 is 0. The van der Waals surface area contributed by atoms with Crippen LogP contribution in [-0.2, 0) is 22.7 Å². The van der Waals surface area contributed by atoms with E-state index < -0.39 is 11.8 Å². The molecule has 2 N–H and O–H groups in total. The molecule has 0 radical (unpaired) electrons. The van der Waals surface area contributed by atoms with Crippen molar-refractivity contribution in [3.8, 4) is 5.75 Å². The molecule has 7 nitrogen and oxygen atoms in total. The molecule has 3 aromatic rings. The molecule has 27 heavy (non-hydrogen) atoms. The van der Waals surface area contributed by atoms with E-state index in [1.54, 1.807) is 36.2 Å². The number of hydrogen-bond donors (Lipinski definition) is 2. The quantitative estimate of drug-likeness (QED) is 0.657. The molecule has 0 spiro atoms. The molecular formula is C20H20N4O3. The molecule has 0 saturated heterocycles. The zero-order valence-corrected chi connectivity index (χ0v) is 14.9. The minimum Gasteiger partial charge on any atom is -0.497 e. The van der Waals surface area contributed by atoms with Gasteiger partial charge in [-0.15, -0.1) is 0 Å². The Kier molecular flexibility index (Phi) is 5.84. The van der Waals surface area contributed by atoms with Crippen LogP contribution in [0.2, 0.25) is 0 Å². The predicted molar refractivity (Wildman–Crippen MR) is 101 cm³/mol. The third-order valence-electron chi connectivity index (χ3n) is 3.91. The Morgan fingerprint density at radius 1 is 1.04 bits per heavy atom. The van der Waals surface area contributed by atoms with E-state index >= 15 is 0 Å². The number of aromatic nitrogens is 2. The maximum Gasteiger partial charge on any atom is 0.313 e. The number of methoxy groups -OCH3 is 1. The fourth-order valence-electron chi connectivity index (χ4n) is 2.52. The Labute approximate surface area is 157 Å². The van der Waals surface area contributed by atoms with Gasteiger partial charge in [0.15, 0.2) is 0 Å². The SMILES string of the molecule is COc1ccc(CNC(=O)C(=O)Nc2cccc(Cn3cccn3)c2)cc1. The molecule has 0 aliphatic carbocycles. The van der Waals surface area contributed by atoms with Gasteiger partial charge in [-0.1, -0.05) is 24.3 Å². The summed E-state index contributed by atoms with van der Waals surface area (Å²) in [5.74, 6) is -0.666. The molecule has 0 unspecified atom stereocenters. The number of nitrogens with one attached hydrogen (secondary N) is 2. The minimum atomic E-state index is -0.709. The van der Waals surface area contributed by atoms with Crippen molar-refractivity contribution in [1.82, 2.24) is 15.1 Å². The van der Waals surface area contributed by atoms with Crippen LogP contribution < -0.4 is 15.4 Å². The number of amides is 2. The van der Waals surface area contributed by atoms with Gasteiger partial charge in [0.2, 0.25) is 0 Å². The molecule has 0 saturated carbocycles. The highest BCUT2D eigenvalue weighted by atomic mass is 16.5. The molecule has 2 amide bonds. The molecule has 138 valence electrons. The molecule has 0 fully saturated rings. The number of ether oxygens (including phenoxy) is 1. The Balaban J connectivity index is 1.53. The van der Waals surface area contributed by atoms with Crippen LogP contribution in [0.15, 0.2) is 67.0 Å². The van der Waals surface area contributed by atoms with Crippen molar-refractivity contribution in [2.24, 2.45) is 0 Å². The number of rotatable bonds is 6. The van der Waals surface area contributed by atoms with Gasteiger partial charge in [0, 0.05) is 24.6 Å². The van der Waals surface area contributed by atoms with Gasteiger partial charge in [0.25, 0.3) is 0 Å². The third kappa shape index (κ3) is 5.18. The van der Waals surface area contributed by atoms with Gasteiger partial charge in [-0.05, 0) is 41.5 Å². The second-order valence-electron chi connectivity index (χ2n) is 5.89. The van der Waals surface area contributed by atoms with Gasteiger partial charge < -0.3 is 15.4 Å². The van der Waals surface area contributed by atoms with E-state index in [-0.39, 0.29) is 6.54 Å². The summed E-state index contributed by atoms with van der Waals surface area (Å²) in [6.07, 6.45) is 3.57. The number of hydrogen-bond acceptors (Lipinski definition) is 4. The van der Waals surface area contributed by atoms with Crippen molar-refractivity contribution >= 4 is 17.5 Å². The Bertz CT molecular complexity index is 905. The van der Waals surface area contributed by atoms with Crippen LogP contribution >= 0.6 is 0 Å². The third-order valence-corrected chi connectivity index (χ3v) is 3.91. The maximum absolute atomic E-state index is 12.1. The summed E-state index contributed by atoms with van der Waals surface area (Å²) in [5.41, 5.74) is 2.40. The molecular weight excluding hydrogens is 344 g/mol. The lowest BCUT2D eigenvalue weighted by atomic mass is 10.2. The van der Waals surface area contributed by atoms with Crippen LogP contribution in [0.25, 0.3) is 0 Å². The highest BCUT2D eigenvalue weighted by molar-refractivity contribution is 6.39. The lowest BCUT2D eigenvalue weighted by molar-refractivity contribution is -0.136. The van der Waals surface area contributed by atoms with E-state index in [9.17, 15) is 9.59 Å². The summed E-state index contributed by atoms with van der Waals surface area (Å²) in [4.78, 5) is 24.1. The van der Waals surface area contributed by atoms with E-state index in [1.165, 1.54) is 0 Å². The summed E-state index contributed by atoms with van der Waals surface area (Å²) in [5, 5.41) is 9.37. The molecule has 3 rings (SSSR count). The number of nitrogens with zero attached hydrogens (tertiary/aromatic N) is 2. The summed E-state index contributed by atoms with van der Waals surface area (Å²) in [7, 11) is 1.59. The monoisotopic (exact) mass is 364 g/mol. The van der Waals surface area contributed by atoms with Gasteiger partial charge in [-0.2, -0.15) is 5.10 Å². The Hall–Kier alpha value is -3.61. The average molecular weight is 364 g/mol. The standard InChI is InChI=1S/C20H20N4O3/c1-27-18-8-6-15(7-9-18)13-21-19(25)20(26)23-17-5-2-4-16(12-17)14-24-11-3-10-22-24/h2-12H,13-14H2,1H3,(H,21,25)(H,23,26). The van der Waals surface area contributed by atoms with E-state index in [4.69, 9.17) is 4.74 Å². The van der Waals surface area contributed by atoms with E-state index in [0.717, 1.165) is 16.9 Å². The highest BCUT2D eigenvalue weighted by Gasteiger charge is 2.13. The second-order valence-corrected chi connectivity index (χ2v) is 5.89. The first-order chi connectivity index (χ1) is 13.1. The minimum absolute atomic E-state index is 0.260. The van der Waals surface area contributed by atoms with Crippen molar-refractivity contribution in [3.63, 3.8) is 0 Å². The Morgan fingerprint density at radius 3 is 2.56 bits per heavy atom. The molecule has 1 heterocycles. The number of benzene rings is 2. The molecule has 0 atom stereocenters. The van der Waals surface area contributed by atoms with Crippen molar-refractivity contribution in [2.45, 2.75) is 13.1 Å². The first-order valence-electron chi connectivity index (χ1n) is 8.42. The summed E-state index contributed by atoms with van der Waals surface area (Å²) in [6, 6.07) is 16.4. The van der Waals surface area contributed by atoms with Crippen molar-refractivity contribution in [1.29, 1.82) is 0 Å². The fraction of sp³-hybridized carbons (Fsp3) is 0.150. The van der Waals surface area contributed by atoms with Crippen LogP contribution in [0, 0.1) is 0 Å². The van der Waals surface area contributed by atoms with E-state index in [1.807, 2.05) is 42.6 Å². The molecule has 0 aliphatic heterocycles. The lowest BCUT2D eigenvalue weighted by Crippen LogP contribution is -2.34. The molecule has 0 bridgehead atoms. The van der Waals surface area contributed by atoms with Crippen LogP contribution in [0.1, 0.15) is 11.1 Å². The molecule has 1 aromatic heterocycles. The van der Waals surface area contributed by atoms with Crippen LogP contribution in [0.4, 0.5) is 5.69 Å². The summed E-state index contributed by atoms with van der Waals surface area (Å²) < 4.78 is 6.87. The molecule has 2 aromatic carbocycles. The van der Waals surface area contributed by atoms with Crippen LogP contribution in [-0.4, -0.2) is 28.7 Å². The summed E-state index contributed by atoms with van der Waals surface area (Å²) in [6.45, 7) is 0.843. The molecule has 7 heteroatoms. The highest BCUT2D eigenvalue weighted by Crippen LogP contribution is 2.12. The molecule has 0 aliphatic rings.